The molecule has 0 bridgehead atoms. The van der Waals surface area contributed by atoms with Crippen molar-refractivity contribution in [3.05, 3.63) is 29.8 Å². The van der Waals surface area contributed by atoms with E-state index in [-0.39, 0.29) is 5.75 Å². The molecule has 7 nitrogen and oxygen atoms in total. The van der Waals surface area contributed by atoms with Gasteiger partial charge < -0.3 is 15.4 Å². The molecule has 0 spiro atoms. The second-order valence-electron chi connectivity index (χ2n) is 6.96. The fourth-order valence-electron chi connectivity index (χ4n) is 2.96. The minimum atomic E-state index is -4.36. The van der Waals surface area contributed by atoms with Crippen molar-refractivity contribution in [1.82, 2.24) is 14.9 Å². The number of piperidine rings is 1. The van der Waals surface area contributed by atoms with Gasteiger partial charge in [0.05, 0.1) is 6.26 Å². The highest BCUT2D eigenvalue weighted by atomic mass is 32.2. The van der Waals surface area contributed by atoms with Crippen LogP contribution in [0.25, 0.3) is 0 Å². The number of hydrogen-bond acceptors (Lipinski definition) is 4. The third kappa shape index (κ3) is 8.48. The SMILES string of the molecule is CN=C(NCc1ccc(OCC(F)(F)F)cc1)NCC1CCN(S(C)(=O)=O)CC1. The van der Waals surface area contributed by atoms with Crippen LogP contribution in [0.1, 0.15) is 18.4 Å². The Kier molecular flexibility index (Phi) is 8.14. The van der Waals surface area contributed by atoms with Gasteiger partial charge in [-0.3, -0.25) is 4.99 Å². The monoisotopic (exact) mass is 436 g/mol. The molecule has 0 amide bonds. The van der Waals surface area contributed by atoms with Crippen LogP contribution in [0.4, 0.5) is 13.2 Å². The van der Waals surface area contributed by atoms with Crippen LogP contribution in [0.2, 0.25) is 0 Å². The number of nitrogens with zero attached hydrogens (tertiary/aromatic N) is 2. The van der Waals surface area contributed by atoms with E-state index in [9.17, 15) is 21.6 Å². The Morgan fingerprint density at radius 1 is 1.21 bits per heavy atom. The minimum Gasteiger partial charge on any atom is -0.484 e. The second kappa shape index (κ2) is 10.1. The van der Waals surface area contributed by atoms with Crippen LogP contribution in [0, 0.1) is 5.92 Å². The first-order valence-electron chi connectivity index (χ1n) is 9.25. The summed E-state index contributed by atoms with van der Waals surface area (Å²) >= 11 is 0. The van der Waals surface area contributed by atoms with Crippen LogP contribution in [-0.4, -0.2) is 64.4 Å². The molecule has 1 aliphatic heterocycles. The van der Waals surface area contributed by atoms with Gasteiger partial charge in [-0.15, -0.1) is 0 Å². The maximum absolute atomic E-state index is 12.2. The van der Waals surface area contributed by atoms with Gasteiger partial charge in [0.15, 0.2) is 12.6 Å². The van der Waals surface area contributed by atoms with Gasteiger partial charge in [0.1, 0.15) is 5.75 Å². The summed E-state index contributed by atoms with van der Waals surface area (Å²) in [5.41, 5.74) is 0.869. The van der Waals surface area contributed by atoms with E-state index in [1.165, 1.54) is 22.7 Å². The third-order valence-corrected chi connectivity index (χ3v) is 5.91. The predicted molar refractivity (Wildman–Crippen MR) is 105 cm³/mol. The number of ether oxygens (including phenoxy) is 1. The lowest BCUT2D eigenvalue weighted by atomic mass is 9.98. The van der Waals surface area contributed by atoms with Crippen molar-refractivity contribution in [3.63, 3.8) is 0 Å². The summed E-state index contributed by atoms with van der Waals surface area (Å²) in [6.07, 6.45) is -1.56. The predicted octanol–water partition coefficient (Wildman–Crippen LogP) is 1.96. The van der Waals surface area contributed by atoms with Crippen LogP contribution in [0.15, 0.2) is 29.3 Å². The molecule has 0 aliphatic carbocycles. The molecule has 11 heteroatoms. The highest BCUT2D eigenvalue weighted by Gasteiger charge is 2.28. The molecule has 1 fully saturated rings. The van der Waals surface area contributed by atoms with Gasteiger partial charge in [-0.05, 0) is 36.5 Å². The van der Waals surface area contributed by atoms with Crippen molar-refractivity contribution in [2.75, 3.05) is 39.5 Å². The average molecular weight is 437 g/mol. The van der Waals surface area contributed by atoms with Crippen molar-refractivity contribution in [3.8, 4) is 5.75 Å². The van der Waals surface area contributed by atoms with Gasteiger partial charge >= 0.3 is 6.18 Å². The van der Waals surface area contributed by atoms with Gasteiger partial charge in [0, 0.05) is 33.2 Å². The molecule has 1 saturated heterocycles. The van der Waals surface area contributed by atoms with Crippen LogP contribution < -0.4 is 15.4 Å². The topological polar surface area (TPSA) is 83.0 Å². The van der Waals surface area contributed by atoms with Crippen molar-refractivity contribution in [2.24, 2.45) is 10.9 Å². The first kappa shape index (κ1) is 23.3. The van der Waals surface area contributed by atoms with E-state index in [1.807, 2.05) is 0 Å². The highest BCUT2D eigenvalue weighted by Crippen LogP contribution is 2.19. The van der Waals surface area contributed by atoms with Gasteiger partial charge in [-0.25, -0.2) is 12.7 Å². The van der Waals surface area contributed by atoms with Crippen LogP contribution >= 0.6 is 0 Å². The number of alkyl halides is 3. The number of sulfonamides is 1. The molecular weight excluding hydrogens is 409 g/mol. The largest absolute Gasteiger partial charge is 0.484 e. The molecular formula is C18H27F3N4O3S. The van der Waals surface area contributed by atoms with Crippen molar-refractivity contribution >= 4 is 16.0 Å². The van der Waals surface area contributed by atoms with Gasteiger partial charge in [-0.2, -0.15) is 13.2 Å². The van der Waals surface area contributed by atoms with Gasteiger partial charge in [0.2, 0.25) is 10.0 Å². The Morgan fingerprint density at radius 3 is 2.34 bits per heavy atom. The van der Waals surface area contributed by atoms with Crippen LogP contribution in [-0.2, 0) is 16.6 Å². The van der Waals surface area contributed by atoms with Crippen LogP contribution in [0.3, 0.4) is 0 Å². The van der Waals surface area contributed by atoms with Crippen molar-refractivity contribution in [2.45, 2.75) is 25.6 Å². The smallest absolute Gasteiger partial charge is 0.422 e. The normalized spacial score (nSPS) is 17.2. The Balaban J connectivity index is 1.72. The first-order chi connectivity index (χ1) is 13.6. The quantitative estimate of drug-likeness (QED) is 0.505. The second-order valence-corrected chi connectivity index (χ2v) is 8.94. The van der Waals surface area contributed by atoms with E-state index in [2.05, 4.69) is 20.4 Å². The summed E-state index contributed by atoms with van der Waals surface area (Å²) < 4.78 is 65.8. The van der Waals surface area contributed by atoms with E-state index < -0.39 is 22.8 Å². The number of aliphatic imine (C=N–C) groups is 1. The first-order valence-corrected chi connectivity index (χ1v) is 11.1. The maximum atomic E-state index is 12.2. The number of guanidine groups is 1. The zero-order valence-corrected chi connectivity index (χ0v) is 17.3. The molecule has 1 aliphatic rings. The molecule has 29 heavy (non-hydrogen) atoms. The third-order valence-electron chi connectivity index (χ3n) is 4.61. The minimum absolute atomic E-state index is 0.161. The summed E-state index contributed by atoms with van der Waals surface area (Å²) in [6.45, 7) is 0.872. The lowest BCUT2D eigenvalue weighted by molar-refractivity contribution is -0.153. The van der Waals surface area contributed by atoms with Crippen molar-refractivity contribution < 1.29 is 26.3 Å². The molecule has 164 valence electrons. The standard InChI is InChI=1S/C18H27F3N4O3S/c1-22-17(24-12-15-7-9-25(10-8-15)29(2,26)27)23-11-14-3-5-16(6-4-14)28-13-18(19,20)21/h3-6,15H,7-13H2,1-2H3,(H2,22,23,24). The summed E-state index contributed by atoms with van der Waals surface area (Å²) in [7, 11) is -1.48. The molecule has 0 unspecified atom stereocenters. The average Bonchev–Trinajstić information content (AvgIpc) is 2.66. The van der Waals surface area contributed by atoms with E-state index >= 15 is 0 Å². The maximum Gasteiger partial charge on any atom is 0.422 e. The summed E-state index contributed by atoms with van der Waals surface area (Å²) in [5, 5.41) is 6.38. The zero-order valence-electron chi connectivity index (χ0n) is 16.5. The molecule has 0 atom stereocenters. The highest BCUT2D eigenvalue weighted by molar-refractivity contribution is 7.88. The van der Waals surface area contributed by atoms with E-state index in [1.54, 1.807) is 19.2 Å². The summed E-state index contributed by atoms with van der Waals surface area (Å²) in [5.74, 6) is 1.12. The summed E-state index contributed by atoms with van der Waals surface area (Å²) in [4.78, 5) is 4.15. The Bertz CT molecular complexity index is 775. The van der Waals surface area contributed by atoms with E-state index in [0.29, 0.717) is 38.1 Å². The summed E-state index contributed by atoms with van der Waals surface area (Å²) in [6, 6.07) is 6.36. The molecule has 0 radical (unpaired) electrons. The molecule has 1 aromatic carbocycles. The molecule has 0 aromatic heterocycles. The number of rotatable bonds is 7. The lowest BCUT2D eigenvalue weighted by Gasteiger charge is -2.30. The van der Waals surface area contributed by atoms with Gasteiger partial charge in [0.25, 0.3) is 0 Å². The van der Waals surface area contributed by atoms with E-state index in [4.69, 9.17) is 0 Å². The Labute approximate surface area is 169 Å². The fourth-order valence-corrected chi connectivity index (χ4v) is 3.84. The molecule has 0 saturated carbocycles. The number of benzene rings is 1. The molecule has 2 rings (SSSR count). The Morgan fingerprint density at radius 2 is 1.83 bits per heavy atom. The fraction of sp³-hybridized carbons (Fsp3) is 0.611. The lowest BCUT2D eigenvalue weighted by Crippen LogP contribution is -2.43. The Hall–Kier alpha value is -2.01. The molecule has 2 N–H and O–H groups in total. The van der Waals surface area contributed by atoms with Crippen molar-refractivity contribution in [1.29, 1.82) is 0 Å². The number of halogens is 3. The number of hydrogen-bond donors (Lipinski definition) is 2. The van der Waals surface area contributed by atoms with Crippen LogP contribution in [0.5, 0.6) is 5.75 Å². The van der Waals surface area contributed by atoms with Gasteiger partial charge in [-0.1, -0.05) is 12.1 Å². The zero-order chi connectivity index (χ0) is 21.5. The molecule has 1 heterocycles. The van der Waals surface area contributed by atoms with E-state index in [0.717, 1.165) is 18.4 Å². The molecule has 1 aromatic rings. The number of nitrogens with one attached hydrogen (secondary N) is 2.